The van der Waals surface area contributed by atoms with Gasteiger partial charge in [0.05, 0.1) is 12.2 Å². The minimum atomic E-state index is -0.120. The van der Waals surface area contributed by atoms with Crippen molar-refractivity contribution in [3.63, 3.8) is 0 Å². The summed E-state index contributed by atoms with van der Waals surface area (Å²) in [5.74, 6) is 0. The molecule has 0 aromatic heterocycles. The monoisotopic (exact) mass is 218 g/mol. The van der Waals surface area contributed by atoms with Crippen LogP contribution >= 0.6 is 0 Å². The molecule has 0 aromatic carbocycles. The topological polar surface area (TPSA) is 47.7 Å². The van der Waals surface area contributed by atoms with E-state index >= 15 is 0 Å². The highest BCUT2D eigenvalue weighted by Gasteiger charge is 2.24. The van der Waals surface area contributed by atoms with Gasteiger partial charge in [0.25, 0.3) is 0 Å². The fraction of sp³-hybridized carbons (Fsp3) is 1.00. The highest BCUT2D eigenvalue weighted by Crippen LogP contribution is 2.17. The van der Waals surface area contributed by atoms with Crippen molar-refractivity contribution in [2.75, 3.05) is 41.0 Å². The summed E-state index contributed by atoms with van der Waals surface area (Å²) in [5, 5.41) is 0. The lowest BCUT2D eigenvalue weighted by atomic mass is 9.98. The predicted octanol–water partition coefficient (Wildman–Crippen LogP) is 0.707. The Kier molecular flexibility index (Phi) is 7.09. The first kappa shape index (κ1) is 14.8. The van der Waals surface area contributed by atoms with Gasteiger partial charge in [0.2, 0.25) is 0 Å². The van der Waals surface area contributed by atoms with Crippen LogP contribution in [-0.2, 0) is 9.47 Å². The molecule has 0 radical (unpaired) electrons. The fourth-order valence-electron chi connectivity index (χ4n) is 1.49. The standard InChI is InChI=1S/C11H26N2O2/c1-11(2,15-5)8-10(9-12)13(3)6-7-14-4/h10H,6-9,12H2,1-5H3. The van der Waals surface area contributed by atoms with Crippen LogP contribution in [0.3, 0.4) is 0 Å². The molecular weight excluding hydrogens is 192 g/mol. The second kappa shape index (κ2) is 7.17. The lowest BCUT2D eigenvalue weighted by Crippen LogP contribution is -2.44. The molecule has 0 rings (SSSR count). The van der Waals surface area contributed by atoms with Gasteiger partial charge in [0, 0.05) is 33.4 Å². The van der Waals surface area contributed by atoms with E-state index in [0.717, 1.165) is 19.6 Å². The number of methoxy groups -OCH3 is 2. The number of rotatable bonds is 8. The lowest BCUT2D eigenvalue weighted by Gasteiger charge is -2.33. The molecule has 0 heterocycles. The summed E-state index contributed by atoms with van der Waals surface area (Å²) in [4.78, 5) is 2.23. The van der Waals surface area contributed by atoms with Crippen LogP contribution < -0.4 is 5.73 Å². The van der Waals surface area contributed by atoms with Crippen molar-refractivity contribution in [2.45, 2.75) is 31.9 Å². The summed E-state index contributed by atoms with van der Waals surface area (Å²) in [6, 6.07) is 0.343. The second-order valence-corrected chi connectivity index (χ2v) is 4.53. The molecule has 0 bridgehead atoms. The number of likely N-dealkylation sites (N-methyl/N-ethyl adjacent to an activating group) is 1. The van der Waals surface area contributed by atoms with E-state index in [0.29, 0.717) is 12.6 Å². The van der Waals surface area contributed by atoms with E-state index in [2.05, 4.69) is 25.8 Å². The second-order valence-electron chi connectivity index (χ2n) is 4.53. The molecule has 4 nitrogen and oxygen atoms in total. The van der Waals surface area contributed by atoms with Crippen molar-refractivity contribution in [2.24, 2.45) is 5.73 Å². The van der Waals surface area contributed by atoms with Gasteiger partial charge in [-0.15, -0.1) is 0 Å². The fourth-order valence-corrected chi connectivity index (χ4v) is 1.49. The molecule has 0 aliphatic rings. The van der Waals surface area contributed by atoms with E-state index in [4.69, 9.17) is 15.2 Å². The molecule has 0 saturated heterocycles. The Balaban J connectivity index is 4.11. The molecule has 1 unspecified atom stereocenters. The predicted molar refractivity (Wildman–Crippen MR) is 63.1 cm³/mol. The van der Waals surface area contributed by atoms with E-state index in [1.165, 1.54) is 0 Å². The Hall–Kier alpha value is -0.160. The van der Waals surface area contributed by atoms with Crippen molar-refractivity contribution < 1.29 is 9.47 Å². The highest BCUT2D eigenvalue weighted by molar-refractivity contribution is 4.79. The molecule has 0 spiro atoms. The number of nitrogens with zero attached hydrogens (tertiary/aromatic N) is 1. The summed E-state index contributed by atoms with van der Waals surface area (Å²) in [6.07, 6.45) is 0.931. The van der Waals surface area contributed by atoms with Crippen LogP contribution in [0.5, 0.6) is 0 Å². The van der Waals surface area contributed by atoms with Gasteiger partial charge < -0.3 is 15.2 Å². The van der Waals surface area contributed by atoms with Crippen LogP contribution in [0.2, 0.25) is 0 Å². The summed E-state index contributed by atoms with van der Waals surface area (Å²) in [5.41, 5.74) is 5.65. The minimum Gasteiger partial charge on any atom is -0.383 e. The summed E-state index contributed by atoms with van der Waals surface area (Å²) in [6.45, 7) is 6.45. The zero-order valence-corrected chi connectivity index (χ0v) is 10.7. The normalized spacial score (nSPS) is 14.6. The minimum absolute atomic E-state index is 0.120. The summed E-state index contributed by atoms with van der Waals surface area (Å²) < 4.78 is 10.5. The van der Waals surface area contributed by atoms with Gasteiger partial charge in [0.15, 0.2) is 0 Å². The third kappa shape index (κ3) is 6.10. The molecule has 0 amide bonds. The quantitative estimate of drug-likeness (QED) is 0.652. The van der Waals surface area contributed by atoms with Crippen LogP contribution in [0.1, 0.15) is 20.3 Å². The number of hydrogen-bond acceptors (Lipinski definition) is 4. The molecule has 0 aromatic rings. The third-order valence-corrected chi connectivity index (χ3v) is 2.82. The van der Waals surface area contributed by atoms with Crippen LogP contribution in [0, 0.1) is 0 Å². The highest BCUT2D eigenvalue weighted by atomic mass is 16.5. The Morgan fingerprint density at radius 2 is 1.93 bits per heavy atom. The van der Waals surface area contributed by atoms with Crippen LogP contribution in [0.4, 0.5) is 0 Å². The molecule has 0 aliphatic carbocycles. The molecule has 4 heteroatoms. The number of hydrogen-bond donors (Lipinski definition) is 1. The van der Waals surface area contributed by atoms with E-state index in [9.17, 15) is 0 Å². The van der Waals surface area contributed by atoms with E-state index in [1.807, 2.05) is 0 Å². The largest absolute Gasteiger partial charge is 0.383 e. The van der Waals surface area contributed by atoms with Crippen molar-refractivity contribution >= 4 is 0 Å². The van der Waals surface area contributed by atoms with Gasteiger partial charge in [-0.25, -0.2) is 0 Å². The molecule has 1 atom stereocenters. The zero-order chi connectivity index (χ0) is 11.9. The lowest BCUT2D eigenvalue weighted by molar-refractivity contribution is -0.00668. The smallest absolute Gasteiger partial charge is 0.0638 e. The number of nitrogens with two attached hydrogens (primary N) is 1. The van der Waals surface area contributed by atoms with Crippen LogP contribution in [-0.4, -0.2) is 57.5 Å². The molecule has 0 fully saturated rings. The Bertz CT molecular complexity index is 163. The van der Waals surface area contributed by atoms with Gasteiger partial charge >= 0.3 is 0 Å². The zero-order valence-electron chi connectivity index (χ0n) is 10.7. The van der Waals surface area contributed by atoms with E-state index < -0.39 is 0 Å². The molecule has 92 valence electrons. The number of ether oxygens (including phenoxy) is 2. The average Bonchev–Trinajstić information content (AvgIpc) is 2.22. The third-order valence-electron chi connectivity index (χ3n) is 2.82. The molecule has 0 aliphatic heterocycles. The van der Waals surface area contributed by atoms with Gasteiger partial charge in [-0.05, 0) is 27.3 Å². The summed E-state index contributed by atoms with van der Waals surface area (Å²) in [7, 11) is 5.52. The maximum atomic E-state index is 5.77. The maximum Gasteiger partial charge on any atom is 0.0638 e. The van der Waals surface area contributed by atoms with Crippen LogP contribution in [0.15, 0.2) is 0 Å². The summed E-state index contributed by atoms with van der Waals surface area (Å²) >= 11 is 0. The Morgan fingerprint density at radius 1 is 1.33 bits per heavy atom. The van der Waals surface area contributed by atoms with E-state index in [1.54, 1.807) is 14.2 Å². The van der Waals surface area contributed by atoms with Crippen molar-refractivity contribution in [3.05, 3.63) is 0 Å². The van der Waals surface area contributed by atoms with Gasteiger partial charge in [0.1, 0.15) is 0 Å². The molecule has 15 heavy (non-hydrogen) atoms. The van der Waals surface area contributed by atoms with Crippen molar-refractivity contribution in [1.29, 1.82) is 0 Å². The van der Waals surface area contributed by atoms with Crippen molar-refractivity contribution in [1.82, 2.24) is 4.90 Å². The molecular formula is C11H26N2O2. The maximum absolute atomic E-state index is 5.77. The first-order chi connectivity index (χ1) is 6.96. The first-order valence-electron chi connectivity index (χ1n) is 5.41. The van der Waals surface area contributed by atoms with Crippen LogP contribution in [0.25, 0.3) is 0 Å². The van der Waals surface area contributed by atoms with Gasteiger partial charge in [-0.2, -0.15) is 0 Å². The van der Waals surface area contributed by atoms with Crippen molar-refractivity contribution in [3.8, 4) is 0 Å². The Labute approximate surface area is 93.7 Å². The first-order valence-corrected chi connectivity index (χ1v) is 5.41. The Morgan fingerprint density at radius 3 is 2.33 bits per heavy atom. The molecule has 0 saturated carbocycles. The van der Waals surface area contributed by atoms with Gasteiger partial charge in [-0.1, -0.05) is 0 Å². The van der Waals surface area contributed by atoms with Gasteiger partial charge in [-0.3, -0.25) is 4.90 Å². The van der Waals surface area contributed by atoms with E-state index in [-0.39, 0.29) is 5.60 Å². The SMILES string of the molecule is COCCN(C)C(CN)CC(C)(C)OC. The molecule has 2 N–H and O–H groups in total. The average molecular weight is 218 g/mol.